The Morgan fingerprint density at radius 2 is 1.95 bits per heavy atom. The van der Waals surface area contributed by atoms with Crippen molar-refractivity contribution in [2.75, 3.05) is 0 Å². The van der Waals surface area contributed by atoms with Crippen molar-refractivity contribution in [1.29, 1.82) is 0 Å². The van der Waals surface area contributed by atoms with Crippen molar-refractivity contribution in [2.45, 2.75) is 6.61 Å². The molecule has 0 N–H and O–H groups in total. The van der Waals surface area contributed by atoms with Gasteiger partial charge in [-0.1, -0.05) is 29.3 Å². The molecule has 0 atom stereocenters. The summed E-state index contributed by atoms with van der Waals surface area (Å²) in [6.07, 6.45) is 3.15. The van der Waals surface area contributed by atoms with Gasteiger partial charge < -0.3 is 4.74 Å². The summed E-state index contributed by atoms with van der Waals surface area (Å²) in [6, 6.07) is 9.37. The molecule has 0 unspecified atom stereocenters. The number of aromatic nitrogens is 3. The zero-order chi connectivity index (χ0) is 13.9. The van der Waals surface area contributed by atoms with Crippen molar-refractivity contribution in [1.82, 2.24) is 15.2 Å². The number of benzene rings is 1. The average molecular weight is 306 g/mol. The summed E-state index contributed by atoms with van der Waals surface area (Å²) >= 11 is 11.7. The first kappa shape index (κ1) is 13.1. The smallest absolute Gasteiger partial charge is 0.155 e. The predicted molar refractivity (Wildman–Crippen MR) is 78.1 cm³/mol. The summed E-state index contributed by atoms with van der Waals surface area (Å²) in [5.41, 5.74) is 1.90. The lowest BCUT2D eigenvalue weighted by molar-refractivity contribution is 0.304. The number of pyridine rings is 1. The van der Waals surface area contributed by atoms with Gasteiger partial charge in [-0.3, -0.25) is 4.98 Å². The van der Waals surface area contributed by atoms with Crippen LogP contribution >= 0.6 is 23.2 Å². The fourth-order valence-corrected chi connectivity index (χ4v) is 2.13. The molecule has 0 fully saturated rings. The largest absolute Gasteiger partial charge is 0.487 e. The highest BCUT2D eigenvalue weighted by Gasteiger charge is 2.01. The molecule has 1 aromatic carbocycles. The lowest BCUT2D eigenvalue weighted by atomic mass is 10.1. The standard InChI is InChI=1S/C14H9Cl2N3O/c15-11-4-10-3-9(1-2-13(10)17-6-11)8-20-12-5-14(16)19-18-7-12/h1-7H,8H2. The molecule has 100 valence electrons. The predicted octanol–water partition coefficient (Wildman–Crippen LogP) is 3.91. The van der Waals surface area contributed by atoms with E-state index in [2.05, 4.69) is 15.2 Å². The minimum Gasteiger partial charge on any atom is -0.487 e. The molecule has 0 aliphatic carbocycles. The van der Waals surface area contributed by atoms with Crippen molar-refractivity contribution in [2.24, 2.45) is 0 Å². The average Bonchev–Trinajstić information content (AvgIpc) is 2.45. The number of ether oxygens (including phenoxy) is 1. The van der Waals surface area contributed by atoms with Crippen molar-refractivity contribution in [3.8, 4) is 5.75 Å². The van der Waals surface area contributed by atoms with E-state index in [-0.39, 0.29) is 0 Å². The van der Waals surface area contributed by atoms with Crippen LogP contribution in [0.1, 0.15) is 5.56 Å². The Labute approximate surface area is 125 Å². The van der Waals surface area contributed by atoms with Gasteiger partial charge in [0.15, 0.2) is 5.15 Å². The fourth-order valence-electron chi connectivity index (χ4n) is 1.81. The van der Waals surface area contributed by atoms with Gasteiger partial charge in [-0.15, -0.1) is 5.10 Å². The van der Waals surface area contributed by atoms with Crippen LogP contribution in [0.5, 0.6) is 5.75 Å². The molecule has 0 bridgehead atoms. The van der Waals surface area contributed by atoms with Crippen LogP contribution in [0.25, 0.3) is 10.9 Å². The van der Waals surface area contributed by atoms with E-state index >= 15 is 0 Å². The van der Waals surface area contributed by atoms with Crippen LogP contribution in [0.15, 0.2) is 42.7 Å². The maximum absolute atomic E-state index is 5.94. The number of halogens is 2. The van der Waals surface area contributed by atoms with Gasteiger partial charge in [0.1, 0.15) is 12.4 Å². The third kappa shape index (κ3) is 2.98. The minimum absolute atomic E-state index is 0.303. The third-order valence-electron chi connectivity index (χ3n) is 2.72. The first-order chi connectivity index (χ1) is 9.70. The summed E-state index contributed by atoms with van der Waals surface area (Å²) < 4.78 is 5.61. The Morgan fingerprint density at radius 1 is 1.05 bits per heavy atom. The second kappa shape index (κ2) is 5.61. The maximum atomic E-state index is 5.94. The first-order valence-corrected chi connectivity index (χ1v) is 6.61. The van der Waals surface area contributed by atoms with E-state index in [1.54, 1.807) is 12.3 Å². The quantitative estimate of drug-likeness (QED) is 0.736. The number of rotatable bonds is 3. The Hall–Kier alpha value is -1.91. The van der Waals surface area contributed by atoms with Gasteiger partial charge in [0, 0.05) is 17.6 Å². The Bertz CT molecular complexity index is 764. The Balaban J connectivity index is 1.80. The van der Waals surface area contributed by atoms with E-state index in [0.717, 1.165) is 16.5 Å². The molecule has 0 saturated carbocycles. The van der Waals surface area contributed by atoms with Gasteiger partial charge in [0.25, 0.3) is 0 Å². The van der Waals surface area contributed by atoms with Crippen molar-refractivity contribution >= 4 is 34.1 Å². The van der Waals surface area contributed by atoms with E-state index in [1.165, 1.54) is 6.20 Å². The summed E-state index contributed by atoms with van der Waals surface area (Å²) in [5.74, 6) is 0.578. The van der Waals surface area contributed by atoms with Crippen LogP contribution in [-0.4, -0.2) is 15.2 Å². The van der Waals surface area contributed by atoms with Gasteiger partial charge in [-0.25, -0.2) is 0 Å². The molecule has 0 saturated heterocycles. The summed E-state index contributed by atoms with van der Waals surface area (Å²) in [4.78, 5) is 4.24. The van der Waals surface area contributed by atoms with E-state index in [9.17, 15) is 0 Å². The molecule has 0 aliphatic heterocycles. The summed E-state index contributed by atoms with van der Waals surface area (Å²) in [7, 11) is 0. The molecule has 0 spiro atoms. The van der Waals surface area contributed by atoms with Gasteiger partial charge >= 0.3 is 0 Å². The van der Waals surface area contributed by atoms with E-state index < -0.39 is 0 Å². The number of nitrogens with zero attached hydrogens (tertiary/aromatic N) is 3. The number of hydrogen-bond donors (Lipinski definition) is 0. The highest BCUT2D eigenvalue weighted by atomic mass is 35.5. The molecule has 4 nitrogen and oxygen atoms in total. The monoisotopic (exact) mass is 305 g/mol. The maximum Gasteiger partial charge on any atom is 0.155 e. The van der Waals surface area contributed by atoms with Gasteiger partial charge in [-0.05, 0) is 23.8 Å². The molecular formula is C14H9Cl2N3O. The molecule has 3 rings (SSSR count). The second-order valence-corrected chi connectivity index (χ2v) is 5.01. The van der Waals surface area contributed by atoms with Gasteiger partial charge in [-0.2, -0.15) is 5.10 Å². The van der Waals surface area contributed by atoms with Crippen molar-refractivity contribution in [3.05, 3.63) is 58.5 Å². The summed E-state index contributed by atoms with van der Waals surface area (Å²) in [6.45, 7) is 0.407. The van der Waals surface area contributed by atoms with Crippen LogP contribution in [-0.2, 0) is 6.61 Å². The molecule has 3 aromatic rings. The van der Waals surface area contributed by atoms with Gasteiger partial charge in [0.05, 0.1) is 16.7 Å². The number of hydrogen-bond acceptors (Lipinski definition) is 4. The van der Waals surface area contributed by atoms with Crippen LogP contribution < -0.4 is 4.74 Å². The SMILES string of the molecule is Clc1cnc2ccc(COc3cnnc(Cl)c3)cc2c1. The van der Waals surface area contributed by atoms with Crippen LogP contribution in [0.4, 0.5) is 0 Å². The molecule has 20 heavy (non-hydrogen) atoms. The van der Waals surface area contributed by atoms with Crippen molar-refractivity contribution < 1.29 is 4.74 Å². The zero-order valence-corrected chi connectivity index (χ0v) is 11.8. The zero-order valence-electron chi connectivity index (χ0n) is 10.3. The summed E-state index contributed by atoms with van der Waals surface area (Å²) in [5, 5.41) is 9.27. The molecule has 2 aromatic heterocycles. The Morgan fingerprint density at radius 3 is 2.80 bits per heavy atom. The highest BCUT2D eigenvalue weighted by molar-refractivity contribution is 6.31. The van der Waals surface area contributed by atoms with E-state index in [1.807, 2.05) is 24.3 Å². The first-order valence-electron chi connectivity index (χ1n) is 5.86. The number of fused-ring (bicyclic) bond motifs is 1. The fraction of sp³-hybridized carbons (Fsp3) is 0.0714. The normalized spacial score (nSPS) is 10.7. The third-order valence-corrected chi connectivity index (χ3v) is 3.11. The molecule has 6 heteroatoms. The molecular weight excluding hydrogens is 297 g/mol. The van der Waals surface area contributed by atoms with Gasteiger partial charge in [0.2, 0.25) is 0 Å². The highest BCUT2D eigenvalue weighted by Crippen LogP contribution is 2.20. The molecule has 2 heterocycles. The van der Waals surface area contributed by atoms with Crippen LogP contribution in [0.2, 0.25) is 10.2 Å². The molecule has 0 amide bonds. The molecule has 0 radical (unpaired) electrons. The van der Waals surface area contributed by atoms with E-state index in [4.69, 9.17) is 27.9 Å². The van der Waals surface area contributed by atoms with Crippen LogP contribution in [0.3, 0.4) is 0 Å². The lowest BCUT2D eigenvalue weighted by Gasteiger charge is -2.06. The van der Waals surface area contributed by atoms with Crippen molar-refractivity contribution in [3.63, 3.8) is 0 Å². The lowest BCUT2D eigenvalue weighted by Crippen LogP contribution is -1.96. The molecule has 0 aliphatic rings. The van der Waals surface area contributed by atoms with Crippen LogP contribution in [0, 0.1) is 0 Å². The minimum atomic E-state index is 0.303. The second-order valence-electron chi connectivity index (χ2n) is 4.18. The van der Waals surface area contributed by atoms with E-state index in [0.29, 0.717) is 22.5 Å². The Kier molecular flexibility index (Phi) is 3.67. The topological polar surface area (TPSA) is 47.9 Å².